The zero-order valence-electron chi connectivity index (χ0n) is 15.1. The molecule has 3 aliphatic carbocycles. The Bertz CT molecular complexity index is 655. The number of aryl methyl sites for hydroxylation is 1. The molecule has 3 aliphatic rings. The molecule has 1 aromatic rings. The summed E-state index contributed by atoms with van der Waals surface area (Å²) in [6, 6.07) is 3.99. The maximum atomic E-state index is 11.2. The van der Waals surface area contributed by atoms with Crippen molar-refractivity contribution in [1.29, 1.82) is 0 Å². The van der Waals surface area contributed by atoms with Gasteiger partial charge in [0.15, 0.2) is 11.5 Å². The molecule has 24 heavy (non-hydrogen) atoms. The van der Waals surface area contributed by atoms with Crippen molar-refractivity contribution in [2.75, 3.05) is 7.11 Å². The van der Waals surface area contributed by atoms with E-state index in [1.807, 2.05) is 6.07 Å². The topological polar surface area (TPSA) is 49.7 Å². The molecule has 0 heterocycles. The summed E-state index contributed by atoms with van der Waals surface area (Å²) in [6.07, 6.45) is 7.45. The van der Waals surface area contributed by atoms with Crippen LogP contribution in [0.1, 0.15) is 69.4 Å². The number of ether oxygens (including phenoxy) is 1. The van der Waals surface area contributed by atoms with Gasteiger partial charge in [0.1, 0.15) is 0 Å². The largest absolute Gasteiger partial charge is 0.504 e. The molecule has 0 bridgehead atoms. The molecule has 2 N–H and O–H groups in total. The van der Waals surface area contributed by atoms with Crippen molar-refractivity contribution in [3.05, 3.63) is 23.3 Å². The lowest BCUT2D eigenvalue weighted by atomic mass is 9.53. The Morgan fingerprint density at radius 2 is 2.00 bits per heavy atom. The highest BCUT2D eigenvalue weighted by Gasteiger charge is 2.60. The standard InChI is InChI=1S/C21H30O3/c1-4-21(23)10-8-17-15-6-5-13-11-18(22)19(24-3)12-16(13)14(15)7-9-20(17,21)2/h11-12,14-15,17,22-23H,4-10H2,1-3H3/t14-,15+,17-,20-,21-/m0/s1. The molecule has 2 fully saturated rings. The highest BCUT2D eigenvalue weighted by Crippen LogP contribution is 2.65. The van der Waals surface area contributed by atoms with Gasteiger partial charge in [0, 0.05) is 0 Å². The van der Waals surface area contributed by atoms with Crippen LogP contribution >= 0.6 is 0 Å². The number of benzene rings is 1. The van der Waals surface area contributed by atoms with Crippen LogP contribution < -0.4 is 4.74 Å². The summed E-state index contributed by atoms with van der Waals surface area (Å²) >= 11 is 0. The van der Waals surface area contributed by atoms with Crippen molar-refractivity contribution in [2.24, 2.45) is 17.3 Å². The first-order chi connectivity index (χ1) is 11.4. The molecule has 0 radical (unpaired) electrons. The number of fused-ring (bicyclic) bond motifs is 5. The average Bonchev–Trinajstić information content (AvgIpc) is 2.86. The number of hydrogen-bond acceptors (Lipinski definition) is 3. The van der Waals surface area contributed by atoms with E-state index in [2.05, 4.69) is 19.9 Å². The first kappa shape index (κ1) is 16.3. The SMILES string of the molecule is CC[C@]1(O)CC[C@H]2[C@@H]3CCc4cc(O)c(OC)cc4[C@H]3CC[C@@]21C. The van der Waals surface area contributed by atoms with E-state index < -0.39 is 5.60 Å². The number of rotatable bonds is 2. The van der Waals surface area contributed by atoms with Gasteiger partial charge >= 0.3 is 0 Å². The van der Waals surface area contributed by atoms with Gasteiger partial charge in [-0.3, -0.25) is 0 Å². The van der Waals surface area contributed by atoms with E-state index in [-0.39, 0.29) is 11.2 Å². The molecule has 0 aliphatic heterocycles. The highest BCUT2D eigenvalue weighted by atomic mass is 16.5. The summed E-state index contributed by atoms with van der Waals surface area (Å²) in [4.78, 5) is 0. The molecule has 0 amide bonds. The molecular formula is C21H30O3. The van der Waals surface area contributed by atoms with Crippen LogP contribution in [0.15, 0.2) is 12.1 Å². The fourth-order valence-corrected chi connectivity index (χ4v) is 6.44. The highest BCUT2D eigenvalue weighted by molar-refractivity contribution is 5.49. The van der Waals surface area contributed by atoms with E-state index in [1.165, 1.54) is 17.5 Å². The summed E-state index contributed by atoms with van der Waals surface area (Å²) in [5.41, 5.74) is 2.27. The number of methoxy groups -OCH3 is 1. The minimum absolute atomic E-state index is 0.0709. The minimum atomic E-state index is -0.477. The molecule has 0 unspecified atom stereocenters. The Kier molecular flexibility index (Phi) is 3.65. The summed E-state index contributed by atoms with van der Waals surface area (Å²) in [5.74, 6) is 2.69. The molecular weight excluding hydrogens is 300 g/mol. The number of aromatic hydroxyl groups is 1. The van der Waals surface area contributed by atoms with Crippen molar-refractivity contribution in [2.45, 2.75) is 70.3 Å². The van der Waals surface area contributed by atoms with E-state index in [0.717, 1.165) is 38.5 Å². The Hall–Kier alpha value is -1.22. The van der Waals surface area contributed by atoms with Crippen LogP contribution in [-0.2, 0) is 6.42 Å². The zero-order valence-corrected chi connectivity index (χ0v) is 15.1. The van der Waals surface area contributed by atoms with E-state index in [4.69, 9.17) is 4.74 Å². The second-order valence-electron chi connectivity index (χ2n) is 8.52. The van der Waals surface area contributed by atoms with Gasteiger partial charge in [0.25, 0.3) is 0 Å². The van der Waals surface area contributed by atoms with Crippen LogP contribution in [0.2, 0.25) is 0 Å². The minimum Gasteiger partial charge on any atom is -0.504 e. The molecule has 0 saturated heterocycles. The molecule has 0 aromatic heterocycles. The van der Waals surface area contributed by atoms with Gasteiger partial charge in [0.2, 0.25) is 0 Å². The van der Waals surface area contributed by atoms with Crippen LogP contribution in [0.25, 0.3) is 0 Å². The monoisotopic (exact) mass is 330 g/mol. The third-order valence-electron chi connectivity index (χ3n) is 7.93. The summed E-state index contributed by atoms with van der Waals surface area (Å²) in [7, 11) is 1.62. The molecule has 3 heteroatoms. The second-order valence-corrected chi connectivity index (χ2v) is 8.52. The molecule has 3 nitrogen and oxygen atoms in total. The fourth-order valence-electron chi connectivity index (χ4n) is 6.44. The molecule has 5 atom stereocenters. The van der Waals surface area contributed by atoms with E-state index in [0.29, 0.717) is 23.5 Å². The lowest BCUT2D eigenvalue weighted by Gasteiger charge is -2.53. The summed E-state index contributed by atoms with van der Waals surface area (Å²) < 4.78 is 5.36. The van der Waals surface area contributed by atoms with Crippen LogP contribution in [-0.4, -0.2) is 22.9 Å². The van der Waals surface area contributed by atoms with Gasteiger partial charge in [-0.1, -0.05) is 13.8 Å². The van der Waals surface area contributed by atoms with E-state index in [1.54, 1.807) is 7.11 Å². The normalized spacial score (nSPS) is 40.6. The Morgan fingerprint density at radius 3 is 2.71 bits per heavy atom. The van der Waals surface area contributed by atoms with Crippen LogP contribution in [0.3, 0.4) is 0 Å². The van der Waals surface area contributed by atoms with Crippen molar-refractivity contribution in [3.8, 4) is 11.5 Å². The third-order valence-corrected chi connectivity index (χ3v) is 7.93. The van der Waals surface area contributed by atoms with Gasteiger partial charge in [-0.05, 0) is 91.4 Å². The van der Waals surface area contributed by atoms with Crippen LogP contribution in [0.4, 0.5) is 0 Å². The van der Waals surface area contributed by atoms with Crippen molar-refractivity contribution >= 4 is 0 Å². The van der Waals surface area contributed by atoms with Gasteiger partial charge in [-0.15, -0.1) is 0 Å². The first-order valence-electron chi connectivity index (χ1n) is 9.55. The Labute approximate surface area is 145 Å². The van der Waals surface area contributed by atoms with Crippen molar-refractivity contribution < 1.29 is 14.9 Å². The average molecular weight is 330 g/mol. The number of phenols is 1. The first-order valence-corrected chi connectivity index (χ1v) is 9.55. The second kappa shape index (κ2) is 5.39. The summed E-state index contributed by atoms with van der Waals surface area (Å²) in [6.45, 7) is 4.49. The molecule has 2 saturated carbocycles. The zero-order chi connectivity index (χ0) is 17.1. The lowest BCUT2D eigenvalue weighted by molar-refractivity contribution is -0.104. The van der Waals surface area contributed by atoms with Crippen LogP contribution in [0.5, 0.6) is 11.5 Å². The van der Waals surface area contributed by atoms with Crippen molar-refractivity contribution in [3.63, 3.8) is 0 Å². The van der Waals surface area contributed by atoms with E-state index in [9.17, 15) is 10.2 Å². The number of phenolic OH excluding ortho intramolecular Hbond substituents is 1. The Morgan fingerprint density at radius 1 is 1.21 bits per heavy atom. The maximum absolute atomic E-state index is 11.2. The fraction of sp³-hybridized carbons (Fsp3) is 0.714. The lowest BCUT2D eigenvalue weighted by Crippen LogP contribution is -2.50. The predicted octanol–water partition coefficient (Wildman–Crippen LogP) is 4.40. The molecule has 0 spiro atoms. The molecule has 1 aromatic carbocycles. The summed E-state index contributed by atoms with van der Waals surface area (Å²) in [5, 5.41) is 21.3. The predicted molar refractivity (Wildman–Crippen MR) is 94.5 cm³/mol. The van der Waals surface area contributed by atoms with Gasteiger partial charge in [0.05, 0.1) is 12.7 Å². The smallest absolute Gasteiger partial charge is 0.160 e. The third kappa shape index (κ3) is 2.00. The maximum Gasteiger partial charge on any atom is 0.160 e. The van der Waals surface area contributed by atoms with Gasteiger partial charge in [-0.2, -0.15) is 0 Å². The van der Waals surface area contributed by atoms with Crippen molar-refractivity contribution in [1.82, 2.24) is 0 Å². The number of aliphatic hydroxyl groups is 1. The van der Waals surface area contributed by atoms with E-state index >= 15 is 0 Å². The quantitative estimate of drug-likeness (QED) is 0.845. The molecule has 132 valence electrons. The van der Waals surface area contributed by atoms with Gasteiger partial charge < -0.3 is 14.9 Å². The van der Waals surface area contributed by atoms with Crippen LogP contribution in [0, 0.1) is 17.3 Å². The van der Waals surface area contributed by atoms with Gasteiger partial charge in [-0.25, -0.2) is 0 Å². The number of hydrogen-bond donors (Lipinski definition) is 2. The molecule has 4 rings (SSSR count). The Balaban J connectivity index is 1.71.